The molecular formula is C18H19F3N2O2. The normalized spacial score (nSPS) is 11.0. The minimum Gasteiger partial charge on any atom is -0.494 e. The van der Waals surface area contributed by atoms with E-state index in [0.29, 0.717) is 12.3 Å². The summed E-state index contributed by atoms with van der Waals surface area (Å²) in [4.78, 5) is 11.9. The maximum Gasteiger partial charge on any atom is 0.416 e. The smallest absolute Gasteiger partial charge is 0.416 e. The summed E-state index contributed by atoms with van der Waals surface area (Å²) < 4.78 is 43.4. The summed E-state index contributed by atoms with van der Waals surface area (Å²) in [5, 5.41) is 5.34. The van der Waals surface area contributed by atoms with E-state index in [1.54, 1.807) is 24.3 Å². The van der Waals surface area contributed by atoms with Crippen molar-refractivity contribution in [3.05, 3.63) is 54.1 Å². The minimum atomic E-state index is -4.44. The molecule has 2 aromatic carbocycles. The molecule has 2 aromatic rings. The van der Waals surface area contributed by atoms with E-state index in [1.807, 2.05) is 6.92 Å². The van der Waals surface area contributed by atoms with Crippen molar-refractivity contribution in [1.29, 1.82) is 0 Å². The quantitative estimate of drug-likeness (QED) is 0.769. The third kappa shape index (κ3) is 6.02. The van der Waals surface area contributed by atoms with Gasteiger partial charge in [-0.2, -0.15) is 13.2 Å². The van der Waals surface area contributed by atoms with E-state index in [9.17, 15) is 18.0 Å². The highest BCUT2D eigenvalue weighted by atomic mass is 19.4. The SMILES string of the molecule is CCCOc1ccc(NCC(=O)Nc2cccc(C(F)(F)F)c2)cc1. The van der Waals surface area contributed by atoms with Crippen molar-refractivity contribution in [1.82, 2.24) is 0 Å². The van der Waals surface area contributed by atoms with E-state index >= 15 is 0 Å². The maximum absolute atomic E-state index is 12.6. The predicted octanol–water partition coefficient (Wildman–Crippen LogP) is 4.54. The average Bonchev–Trinajstić information content (AvgIpc) is 2.58. The molecule has 1 amide bonds. The second kappa shape index (κ2) is 8.41. The summed E-state index contributed by atoms with van der Waals surface area (Å²) in [7, 11) is 0. The largest absolute Gasteiger partial charge is 0.494 e. The molecule has 0 aromatic heterocycles. The molecule has 0 fully saturated rings. The van der Waals surface area contributed by atoms with Gasteiger partial charge < -0.3 is 15.4 Å². The Morgan fingerprint density at radius 1 is 1.08 bits per heavy atom. The molecule has 2 rings (SSSR count). The molecule has 0 aliphatic rings. The van der Waals surface area contributed by atoms with Crippen LogP contribution in [0.3, 0.4) is 0 Å². The third-order valence-electron chi connectivity index (χ3n) is 3.25. The molecule has 25 heavy (non-hydrogen) atoms. The van der Waals surface area contributed by atoms with Crippen LogP contribution in [-0.2, 0) is 11.0 Å². The molecule has 2 N–H and O–H groups in total. The van der Waals surface area contributed by atoms with Crippen LogP contribution in [0.4, 0.5) is 24.5 Å². The second-order valence-electron chi connectivity index (χ2n) is 5.35. The molecule has 4 nitrogen and oxygen atoms in total. The van der Waals surface area contributed by atoms with Crippen molar-refractivity contribution in [3.8, 4) is 5.75 Å². The number of halogens is 3. The molecular weight excluding hydrogens is 333 g/mol. The lowest BCUT2D eigenvalue weighted by molar-refractivity contribution is -0.137. The fourth-order valence-electron chi connectivity index (χ4n) is 2.05. The molecule has 0 saturated carbocycles. The lowest BCUT2D eigenvalue weighted by atomic mass is 10.2. The molecule has 0 aliphatic heterocycles. The summed E-state index contributed by atoms with van der Waals surface area (Å²) >= 11 is 0. The first-order chi connectivity index (χ1) is 11.9. The van der Waals surface area contributed by atoms with Crippen LogP contribution < -0.4 is 15.4 Å². The number of benzene rings is 2. The van der Waals surface area contributed by atoms with E-state index in [2.05, 4.69) is 10.6 Å². The Morgan fingerprint density at radius 2 is 1.80 bits per heavy atom. The van der Waals surface area contributed by atoms with Crippen molar-refractivity contribution in [2.24, 2.45) is 0 Å². The highest BCUT2D eigenvalue weighted by Gasteiger charge is 2.30. The van der Waals surface area contributed by atoms with Gasteiger partial charge in [0.25, 0.3) is 0 Å². The standard InChI is InChI=1S/C18H19F3N2O2/c1-2-10-25-16-8-6-14(7-9-16)22-12-17(24)23-15-5-3-4-13(11-15)18(19,20)21/h3-9,11,22H,2,10,12H2,1H3,(H,23,24). The van der Waals surface area contributed by atoms with E-state index < -0.39 is 17.6 Å². The van der Waals surface area contributed by atoms with Crippen molar-refractivity contribution in [2.75, 3.05) is 23.8 Å². The van der Waals surface area contributed by atoms with Gasteiger partial charge in [-0.15, -0.1) is 0 Å². The van der Waals surface area contributed by atoms with Gasteiger partial charge >= 0.3 is 6.18 Å². The molecule has 0 spiro atoms. The number of nitrogens with one attached hydrogen (secondary N) is 2. The van der Waals surface area contributed by atoms with Gasteiger partial charge in [-0.25, -0.2) is 0 Å². The molecule has 134 valence electrons. The van der Waals surface area contributed by atoms with Gasteiger partial charge in [-0.1, -0.05) is 13.0 Å². The van der Waals surface area contributed by atoms with Crippen LogP contribution in [0, 0.1) is 0 Å². The summed E-state index contributed by atoms with van der Waals surface area (Å²) in [6.07, 6.45) is -3.53. The Bertz CT molecular complexity index is 700. The molecule has 7 heteroatoms. The van der Waals surface area contributed by atoms with Crippen molar-refractivity contribution >= 4 is 17.3 Å². The number of ether oxygens (including phenoxy) is 1. The number of hydrogen-bond donors (Lipinski definition) is 2. The van der Waals surface area contributed by atoms with E-state index in [-0.39, 0.29) is 12.2 Å². The van der Waals surface area contributed by atoms with Crippen LogP contribution in [0.15, 0.2) is 48.5 Å². The number of rotatable bonds is 7. The van der Waals surface area contributed by atoms with Crippen molar-refractivity contribution in [2.45, 2.75) is 19.5 Å². The summed E-state index contributed by atoms with van der Waals surface area (Å²) in [5.74, 6) is 0.298. The monoisotopic (exact) mass is 352 g/mol. The highest BCUT2D eigenvalue weighted by molar-refractivity contribution is 5.93. The topological polar surface area (TPSA) is 50.4 Å². The third-order valence-corrected chi connectivity index (χ3v) is 3.25. The van der Waals surface area contributed by atoms with Gasteiger partial charge in [0.2, 0.25) is 5.91 Å². The lowest BCUT2D eigenvalue weighted by Gasteiger charge is -2.11. The van der Waals surface area contributed by atoms with Crippen LogP contribution in [-0.4, -0.2) is 19.1 Å². The first-order valence-electron chi connectivity index (χ1n) is 7.82. The zero-order chi connectivity index (χ0) is 18.3. The van der Waals surface area contributed by atoms with Gasteiger partial charge in [0.05, 0.1) is 18.7 Å². The first-order valence-corrected chi connectivity index (χ1v) is 7.82. The first kappa shape index (κ1) is 18.6. The van der Waals surface area contributed by atoms with Gasteiger partial charge in [-0.05, 0) is 48.9 Å². The Kier molecular flexibility index (Phi) is 6.27. The minimum absolute atomic E-state index is 0.0641. The maximum atomic E-state index is 12.6. The molecule has 0 bridgehead atoms. The number of hydrogen-bond acceptors (Lipinski definition) is 3. The number of anilines is 2. The Hall–Kier alpha value is -2.70. The van der Waals surface area contributed by atoms with Crippen LogP contribution in [0.1, 0.15) is 18.9 Å². The van der Waals surface area contributed by atoms with E-state index in [1.165, 1.54) is 12.1 Å². The second-order valence-corrected chi connectivity index (χ2v) is 5.35. The summed E-state index contributed by atoms with van der Waals surface area (Å²) in [6, 6.07) is 11.6. The van der Waals surface area contributed by atoms with Gasteiger partial charge in [0, 0.05) is 11.4 Å². The van der Waals surface area contributed by atoms with Crippen molar-refractivity contribution < 1.29 is 22.7 Å². The molecule has 0 unspecified atom stereocenters. The van der Waals surface area contributed by atoms with E-state index in [0.717, 1.165) is 24.3 Å². The fourth-order valence-corrected chi connectivity index (χ4v) is 2.05. The highest BCUT2D eigenvalue weighted by Crippen LogP contribution is 2.30. The number of carbonyl (C=O) groups excluding carboxylic acids is 1. The average molecular weight is 352 g/mol. The summed E-state index contributed by atoms with van der Waals surface area (Å²) in [6.45, 7) is 2.58. The Labute approximate surface area is 144 Å². The van der Waals surface area contributed by atoms with Crippen LogP contribution in [0.2, 0.25) is 0 Å². The number of amides is 1. The van der Waals surface area contributed by atoms with Crippen LogP contribution in [0.25, 0.3) is 0 Å². The zero-order valence-corrected chi connectivity index (χ0v) is 13.7. The molecule has 0 saturated heterocycles. The summed E-state index contributed by atoms with van der Waals surface area (Å²) in [5.41, 5.74) is 0.00825. The van der Waals surface area contributed by atoms with Gasteiger partial charge in [-0.3, -0.25) is 4.79 Å². The zero-order valence-electron chi connectivity index (χ0n) is 13.7. The van der Waals surface area contributed by atoms with Crippen LogP contribution >= 0.6 is 0 Å². The number of carbonyl (C=O) groups is 1. The van der Waals surface area contributed by atoms with E-state index in [4.69, 9.17) is 4.74 Å². The molecule has 0 heterocycles. The van der Waals surface area contributed by atoms with Gasteiger partial charge in [0.15, 0.2) is 0 Å². The fraction of sp³-hybridized carbons (Fsp3) is 0.278. The van der Waals surface area contributed by atoms with Crippen LogP contribution in [0.5, 0.6) is 5.75 Å². The number of alkyl halides is 3. The van der Waals surface area contributed by atoms with Crippen molar-refractivity contribution in [3.63, 3.8) is 0 Å². The molecule has 0 atom stereocenters. The predicted molar refractivity (Wildman–Crippen MR) is 90.8 cm³/mol. The lowest BCUT2D eigenvalue weighted by Crippen LogP contribution is -2.22. The molecule has 0 radical (unpaired) electrons. The van der Waals surface area contributed by atoms with Gasteiger partial charge in [0.1, 0.15) is 5.75 Å². The molecule has 0 aliphatic carbocycles. The Morgan fingerprint density at radius 3 is 2.44 bits per heavy atom. The Balaban J connectivity index is 1.86.